The van der Waals surface area contributed by atoms with E-state index in [9.17, 15) is 4.79 Å². The van der Waals surface area contributed by atoms with Gasteiger partial charge in [-0.05, 0) is 36.6 Å². The highest BCUT2D eigenvalue weighted by Gasteiger charge is 2.19. The first-order valence-corrected chi connectivity index (χ1v) is 10.1. The van der Waals surface area contributed by atoms with Crippen molar-refractivity contribution in [2.45, 2.75) is 32.9 Å². The predicted molar refractivity (Wildman–Crippen MR) is 116 cm³/mol. The molecule has 2 aromatic rings. The summed E-state index contributed by atoms with van der Waals surface area (Å²) in [5, 5.41) is 6.57. The molecule has 3 rings (SSSR count). The minimum Gasteiger partial charge on any atom is -0.492 e. The molecular formula is C23H30N4O2. The highest BCUT2D eigenvalue weighted by Crippen LogP contribution is 2.15. The molecule has 0 aliphatic carbocycles. The maximum atomic E-state index is 11.7. The number of rotatable bonds is 8. The van der Waals surface area contributed by atoms with Gasteiger partial charge in [0.1, 0.15) is 12.4 Å². The maximum Gasteiger partial charge on any atom is 0.222 e. The van der Waals surface area contributed by atoms with E-state index in [4.69, 9.17) is 4.74 Å². The first kappa shape index (κ1) is 20.7. The van der Waals surface area contributed by atoms with Gasteiger partial charge in [0.05, 0.1) is 6.54 Å². The number of likely N-dealkylation sites (tertiary alicyclic amines) is 1. The van der Waals surface area contributed by atoms with E-state index in [-0.39, 0.29) is 5.91 Å². The Morgan fingerprint density at radius 3 is 2.45 bits per heavy atom. The van der Waals surface area contributed by atoms with Crippen molar-refractivity contribution in [1.82, 2.24) is 15.5 Å². The molecular weight excluding hydrogens is 364 g/mol. The lowest BCUT2D eigenvalue weighted by atomic mass is 10.1. The number of guanidine groups is 1. The summed E-state index contributed by atoms with van der Waals surface area (Å²) in [6.07, 6.45) is 1.66. The number of carbonyl (C=O) groups is 1. The van der Waals surface area contributed by atoms with Crippen LogP contribution >= 0.6 is 0 Å². The Labute approximate surface area is 173 Å². The summed E-state index contributed by atoms with van der Waals surface area (Å²) in [6.45, 7) is 5.54. The van der Waals surface area contributed by atoms with Crippen LogP contribution < -0.4 is 15.4 Å². The number of hydrogen-bond acceptors (Lipinski definition) is 3. The molecule has 2 aromatic carbocycles. The topological polar surface area (TPSA) is 66.0 Å². The number of ether oxygens (including phenoxy) is 1. The van der Waals surface area contributed by atoms with Crippen LogP contribution in [0.3, 0.4) is 0 Å². The monoisotopic (exact) mass is 394 g/mol. The molecule has 1 aliphatic rings. The fraction of sp³-hybridized carbons (Fsp3) is 0.391. The lowest BCUT2D eigenvalue weighted by molar-refractivity contribution is -0.128. The molecule has 1 aliphatic heterocycles. The summed E-state index contributed by atoms with van der Waals surface area (Å²) in [7, 11) is 1.76. The van der Waals surface area contributed by atoms with E-state index in [2.05, 4.69) is 46.8 Å². The predicted octanol–water partition coefficient (Wildman–Crippen LogP) is 2.86. The van der Waals surface area contributed by atoms with Gasteiger partial charge in [0.25, 0.3) is 0 Å². The van der Waals surface area contributed by atoms with Crippen molar-refractivity contribution in [3.63, 3.8) is 0 Å². The smallest absolute Gasteiger partial charge is 0.222 e. The van der Waals surface area contributed by atoms with Crippen molar-refractivity contribution in [1.29, 1.82) is 0 Å². The van der Waals surface area contributed by atoms with Crippen molar-refractivity contribution >= 4 is 11.9 Å². The first-order chi connectivity index (χ1) is 14.1. The second-order valence-electron chi connectivity index (χ2n) is 7.25. The number of nitrogens with zero attached hydrogens (tertiary/aromatic N) is 2. The van der Waals surface area contributed by atoms with Crippen molar-refractivity contribution in [2.75, 3.05) is 26.7 Å². The molecule has 0 radical (unpaired) electrons. The molecule has 1 heterocycles. The molecule has 1 saturated heterocycles. The minimum absolute atomic E-state index is 0.261. The third-order valence-electron chi connectivity index (χ3n) is 4.94. The van der Waals surface area contributed by atoms with Gasteiger partial charge in [0.2, 0.25) is 5.91 Å². The lowest BCUT2D eigenvalue weighted by Crippen LogP contribution is -2.38. The zero-order valence-corrected chi connectivity index (χ0v) is 17.3. The molecule has 6 heteroatoms. The number of amides is 1. The van der Waals surface area contributed by atoms with E-state index in [0.717, 1.165) is 24.7 Å². The van der Waals surface area contributed by atoms with Crippen LogP contribution in [0.5, 0.6) is 5.75 Å². The summed E-state index contributed by atoms with van der Waals surface area (Å²) in [4.78, 5) is 17.9. The van der Waals surface area contributed by atoms with E-state index in [1.807, 2.05) is 29.2 Å². The molecule has 0 unspecified atom stereocenters. The van der Waals surface area contributed by atoms with Gasteiger partial charge >= 0.3 is 0 Å². The highest BCUT2D eigenvalue weighted by molar-refractivity contribution is 5.79. The zero-order chi connectivity index (χ0) is 20.5. The highest BCUT2D eigenvalue weighted by atomic mass is 16.5. The van der Waals surface area contributed by atoms with Crippen molar-refractivity contribution in [3.8, 4) is 5.75 Å². The number of aryl methyl sites for hydroxylation is 1. The third kappa shape index (κ3) is 6.52. The van der Waals surface area contributed by atoms with Gasteiger partial charge in [-0.15, -0.1) is 0 Å². The average Bonchev–Trinajstić information content (AvgIpc) is 3.14. The normalized spacial score (nSPS) is 14.2. The molecule has 2 N–H and O–H groups in total. The fourth-order valence-electron chi connectivity index (χ4n) is 3.23. The average molecular weight is 395 g/mol. The van der Waals surface area contributed by atoms with Gasteiger partial charge < -0.3 is 20.3 Å². The number of hydrogen-bond donors (Lipinski definition) is 2. The van der Waals surface area contributed by atoms with E-state index >= 15 is 0 Å². The molecule has 0 saturated carbocycles. The third-order valence-corrected chi connectivity index (χ3v) is 4.94. The summed E-state index contributed by atoms with van der Waals surface area (Å²) in [5.41, 5.74) is 3.55. The maximum absolute atomic E-state index is 11.7. The van der Waals surface area contributed by atoms with Gasteiger partial charge in [-0.2, -0.15) is 0 Å². The van der Waals surface area contributed by atoms with Gasteiger partial charge in [-0.3, -0.25) is 9.79 Å². The van der Waals surface area contributed by atoms with Crippen LogP contribution in [0, 0.1) is 6.92 Å². The van der Waals surface area contributed by atoms with Crippen LogP contribution in [0.4, 0.5) is 0 Å². The Morgan fingerprint density at radius 2 is 1.79 bits per heavy atom. The lowest BCUT2D eigenvalue weighted by Gasteiger charge is -2.16. The molecule has 0 bridgehead atoms. The SMILES string of the molecule is CN=C(NCCOc1ccc(C)cc1)NCc1ccc(CN2CCCC2=O)cc1. The van der Waals surface area contributed by atoms with Gasteiger partial charge in [0, 0.05) is 33.1 Å². The Morgan fingerprint density at radius 1 is 1.07 bits per heavy atom. The van der Waals surface area contributed by atoms with E-state index in [0.29, 0.717) is 32.7 Å². The second-order valence-corrected chi connectivity index (χ2v) is 7.25. The molecule has 0 atom stereocenters. The van der Waals surface area contributed by atoms with Crippen molar-refractivity contribution < 1.29 is 9.53 Å². The number of aliphatic imine (C=N–C) groups is 1. The molecule has 6 nitrogen and oxygen atoms in total. The molecule has 0 aromatic heterocycles. The van der Waals surface area contributed by atoms with Crippen LogP contribution in [-0.2, 0) is 17.9 Å². The number of carbonyl (C=O) groups excluding carboxylic acids is 1. The summed E-state index contributed by atoms with van der Waals surface area (Å²) >= 11 is 0. The molecule has 1 fully saturated rings. The summed E-state index contributed by atoms with van der Waals surface area (Å²) < 4.78 is 5.72. The quantitative estimate of drug-likeness (QED) is 0.411. The van der Waals surface area contributed by atoms with Gasteiger partial charge in [-0.25, -0.2) is 0 Å². The molecule has 154 valence electrons. The van der Waals surface area contributed by atoms with Crippen LogP contribution in [-0.4, -0.2) is 43.5 Å². The van der Waals surface area contributed by atoms with E-state index < -0.39 is 0 Å². The largest absolute Gasteiger partial charge is 0.492 e. The molecule has 29 heavy (non-hydrogen) atoms. The molecule has 1 amide bonds. The summed E-state index contributed by atoms with van der Waals surface area (Å²) in [6, 6.07) is 16.4. The van der Waals surface area contributed by atoms with E-state index in [1.165, 1.54) is 16.7 Å². The molecule has 0 spiro atoms. The fourth-order valence-corrected chi connectivity index (χ4v) is 3.23. The second kappa shape index (κ2) is 10.5. The summed E-state index contributed by atoms with van der Waals surface area (Å²) in [5.74, 6) is 1.87. The minimum atomic E-state index is 0.261. The van der Waals surface area contributed by atoms with Gasteiger partial charge in [0.15, 0.2) is 5.96 Å². The van der Waals surface area contributed by atoms with Crippen LogP contribution in [0.1, 0.15) is 29.5 Å². The Kier molecular flexibility index (Phi) is 7.50. The van der Waals surface area contributed by atoms with Crippen LogP contribution in [0.2, 0.25) is 0 Å². The van der Waals surface area contributed by atoms with Crippen LogP contribution in [0.15, 0.2) is 53.5 Å². The standard InChI is InChI=1S/C23H30N4O2/c1-18-5-11-21(12-6-18)29-15-13-25-23(24-2)26-16-19-7-9-20(10-8-19)17-27-14-3-4-22(27)28/h5-12H,3-4,13-17H2,1-2H3,(H2,24,25,26). The Bertz CT molecular complexity index is 816. The zero-order valence-electron chi connectivity index (χ0n) is 17.3. The Hall–Kier alpha value is -3.02. The Balaban J connectivity index is 1.37. The number of nitrogens with one attached hydrogen (secondary N) is 2. The number of benzene rings is 2. The van der Waals surface area contributed by atoms with Crippen molar-refractivity contribution in [3.05, 3.63) is 65.2 Å². The van der Waals surface area contributed by atoms with Crippen molar-refractivity contribution in [2.24, 2.45) is 4.99 Å². The van der Waals surface area contributed by atoms with Crippen LogP contribution in [0.25, 0.3) is 0 Å². The van der Waals surface area contributed by atoms with Gasteiger partial charge in [-0.1, -0.05) is 42.0 Å². The van der Waals surface area contributed by atoms with E-state index in [1.54, 1.807) is 7.05 Å². The first-order valence-electron chi connectivity index (χ1n) is 10.1.